The standard InChI is InChI=1S/C12H19O4P/c1-3-15-17(14,16-4-2)10-6-8-11-7-5-9-12(11)13/h11H,3-5,7-9H2,1-2H3. The smallest absolute Gasteiger partial charge is 0.300 e. The van der Waals surface area contributed by atoms with E-state index in [1.165, 1.54) is 0 Å². The van der Waals surface area contributed by atoms with Crippen molar-refractivity contribution in [2.75, 3.05) is 13.2 Å². The minimum atomic E-state index is -3.27. The summed E-state index contributed by atoms with van der Waals surface area (Å²) in [5, 5.41) is 0. The van der Waals surface area contributed by atoms with Crippen molar-refractivity contribution in [1.29, 1.82) is 0 Å². The number of ketones is 1. The number of carbonyl (C=O) groups excluding carboxylic acids is 1. The van der Waals surface area contributed by atoms with Crippen LogP contribution in [0, 0.1) is 17.5 Å². The molecule has 1 aliphatic rings. The topological polar surface area (TPSA) is 52.6 Å². The molecule has 0 aromatic heterocycles. The first kappa shape index (κ1) is 14.4. The zero-order valence-electron chi connectivity index (χ0n) is 10.4. The lowest BCUT2D eigenvalue weighted by atomic mass is 10.0. The molecule has 5 heteroatoms. The molecular formula is C12H19O4P. The van der Waals surface area contributed by atoms with Crippen molar-refractivity contribution in [3.63, 3.8) is 0 Å². The maximum Gasteiger partial charge on any atom is 0.405 e. The van der Waals surface area contributed by atoms with Crippen molar-refractivity contribution in [2.45, 2.75) is 39.5 Å². The molecule has 0 N–H and O–H groups in total. The van der Waals surface area contributed by atoms with E-state index in [0.717, 1.165) is 12.8 Å². The first-order valence-electron chi connectivity index (χ1n) is 6.03. The van der Waals surface area contributed by atoms with Gasteiger partial charge in [-0.3, -0.25) is 13.8 Å². The Balaban J connectivity index is 2.55. The van der Waals surface area contributed by atoms with Crippen molar-refractivity contribution in [1.82, 2.24) is 0 Å². The first-order valence-corrected chi connectivity index (χ1v) is 7.57. The summed E-state index contributed by atoms with van der Waals surface area (Å²) in [4.78, 5) is 11.4. The lowest BCUT2D eigenvalue weighted by molar-refractivity contribution is -0.120. The Bertz CT molecular complexity index is 356. The molecule has 1 saturated carbocycles. The zero-order chi connectivity index (χ0) is 12.7. The SMILES string of the molecule is CCOP(=O)(C#CCC1CCCC1=O)OCC. The molecule has 1 aliphatic carbocycles. The first-order chi connectivity index (χ1) is 8.11. The highest BCUT2D eigenvalue weighted by Gasteiger charge is 2.24. The van der Waals surface area contributed by atoms with Crippen LogP contribution in [0.1, 0.15) is 39.5 Å². The van der Waals surface area contributed by atoms with Gasteiger partial charge in [-0.25, -0.2) is 4.57 Å². The molecule has 1 atom stereocenters. The number of carbonyl (C=O) groups is 1. The van der Waals surface area contributed by atoms with Crippen LogP contribution in [0.2, 0.25) is 0 Å². The molecule has 17 heavy (non-hydrogen) atoms. The van der Waals surface area contributed by atoms with E-state index in [0.29, 0.717) is 26.1 Å². The van der Waals surface area contributed by atoms with Crippen molar-refractivity contribution >= 4 is 13.4 Å². The van der Waals surface area contributed by atoms with Gasteiger partial charge in [-0.05, 0) is 26.7 Å². The average Bonchev–Trinajstić information content (AvgIpc) is 2.65. The predicted molar refractivity (Wildman–Crippen MR) is 65.6 cm³/mol. The monoisotopic (exact) mass is 258 g/mol. The Morgan fingerprint density at radius 2 is 2.00 bits per heavy atom. The summed E-state index contributed by atoms with van der Waals surface area (Å²) in [5.74, 6) is 3.06. The van der Waals surface area contributed by atoms with Crippen LogP contribution < -0.4 is 0 Å². The van der Waals surface area contributed by atoms with Crippen LogP contribution in [0.4, 0.5) is 0 Å². The van der Waals surface area contributed by atoms with E-state index >= 15 is 0 Å². The number of Topliss-reactive ketones (excluding diaryl/α,β-unsaturated/α-hetero) is 1. The second-order valence-corrected chi connectivity index (χ2v) is 5.62. The fraction of sp³-hybridized carbons (Fsp3) is 0.750. The predicted octanol–water partition coefficient (Wildman–Crippen LogP) is 2.97. The molecule has 4 nitrogen and oxygen atoms in total. The molecule has 96 valence electrons. The van der Waals surface area contributed by atoms with Gasteiger partial charge in [-0.2, -0.15) is 0 Å². The van der Waals surface area contributed by atoms with Gasteiger partial charge in [0, 0.05) is 24.4 Å². The molecule has 0 radical (unpaired) electrons. The molecule has 0 amide bonds. The van der Waals surface area contributed by atoms with Crippen LogP contribution >= 0.6 is 7.60 Å². The van der Waals surface area contributed by atoms with Gasteiger partial charge in [0.15, 0.2) is 0 Å². The van der Waals surface area contributed by atoms with E-state index in [2.05, 4.69) is 11.6 Å². The normalized spacial score (nSPS) is 20.1. The number of hydrogen-bond donors (Lipinski definition) is 0. The van der Waals surface area contributed by atoms with E-state index < -0.39 is 7.60 Å². The maximum absolute atomic E-state index is 12.0. The van der Waals surface area contributed by atoms with Gasteiger partial charge in [0.05, 0.1) is 13.2 Å². The minimum absolute atomic E-state index is 0.0132. The Morgan fingerprint density at radius 1 is 1.35 bits per heavy atom. The Hall–Kier alpha value is -0.620. The summed E-state index contributed by atoms with van der Waals surface area (Å²) in [6.45, 7) is 4.09. The van der Waals surface area contributed by atoms with Gasteiger partial charge in [0.2, 0.25) is 0 Å². The highest BCUT2D eigenvalue weighted by molar-refractivity contribution is 7.59. The molecule has 0 aromatic rings. The van der Waals surface area contributed by atoms with Crippen LogP contribution in [0.5, 0.6) is 0 Å². The molecular weight excluding hydrogens is 239 g/mol. The summed E-state index contributed by atoms with van der Waals surface area (Å²) < 4.78 is 22.0. The van der Waals surface area contributed by atoms with Crippen molar-refractivity contribution in [3.8, 4) is 11.6 Å². The van der Waals surface area contributed by atoms with Gasteiger partial charge in [0.25, 0.3) is 0 Å². The fourth-order valence-corrected chi connectivity index (χ4v) is 2.98. The van der Waals surface area contributed by atoms with E-state index in [1.54, 1.807) is 13.8 Å². The van der Waals surface area contributed by atoms with Gasteiger partial charge in [0.1, 0.15) is 5.78 Å². The lowest BCUT2D eigenvalue weighted by Gasteiger charge is -2.09. The van der Waals surface area contributed by atoms with E-state index in [1.807, 2.05) is 0 Å². The quantitative estimate of drug-likeness (QED) is 0.562. The number of rotatable bonds is 5. The van der Waals surface area contributed by atoms with Crippen LogP contribution in [0.15, 0.2) is 0 Å². The summed E-state index contributed by atoms with van der Waals surface area (Å²) in [6, 6.07) is 0. The Morgan fingerprint density at radius 3 is 2.47 bits per heavy atom. The lowest BCUT2D eigenvalue weighted by Crippen LogP contribution is -2.04. The molecule has 0 aliphatic heterocycles. The zero-order valence-corrected chi connectivity index (χ0v) is 11.3. The maximum atomic E-state index is 12.0. The van der Waals surface area contributed by atoms with Gasteiger partial charge >= 0.3 is 7.60 Å². The van der Waals surface area contributed by atoms with Gasteiger partial charge in [-0.1, -0.05) is 5.92 Å². The number of hydrogen-bond acceptors (Lipinski definition) is 4. The highest BCUT2D eigenvalue weighted by atomic mass is 31.2. The molecule has 1 fully saturated rings. The van der Waals surface area contributed by atoms with Crippen LogP contribution in [-0.2, 0) is 18.4 Å². The van der Waals surface area contributed by atoms with Crippen LogP contribution in [-0.4, -0.2) is 19.0 Å². The van der Waals surface area contributed by atoms with Gasteiger partial charge in [-0.15, -0.1) is 0 Å². The Kier molecular flexibility index (Phi) is 5.91. The van der Waals surface area contributed by atoms with Crippen LogP contribution in [0.3, 0.4) is 0 Å². The molecule has 1 rings (SSSR count). The second kappa shape index (κ2) is 6.96. The third-order valence-corrected chi connectivity index (χ3v) is 4.22. The molecule has 1 unspecified atom stereocenters. The van der Waals surface area contributed by atoms with Crippen LogP contribution in [0.25, 0.3) is 0 Å². The third kappa shape index (κ3) is 4.63. The summed E-state index contributed by atoms with van der Waals surface area (Å²) in [5.41, 5.74) is 2.55. The second-order valence-electron chi connectivity index (χ2n) is 3.88. The average molecular weight is 258 g/mol. The van der Waals surface area contributed by atoms with Crippen molar-refractivity contribution in [3.05, 3.63) is 0 Å². The molecule has 0 spiro atoms. The van der Waals surface area contributed by atoms with Crippen molar-refractivity contribution < 1.29 is 18.4 Å². The third-order valence-electron chi connectivity index (χ3n) is 2.59. The van der Waals surface area contributed by atoms with E-state index in [-0.39, 0.29) is 11.7 Å². The van der Waals surface area contributed by atoms with Crippen molar-refractivity contribution in [2.24, 2.45) is 5.92 Å². The summed E-state index contributed by atoms with van der Waals surface area (Å²) in [7, 11) is -3.27. The van der Waals surface area contributed by atoms with E-state index in [9.17, 15) is 9.36 Å². The molecule has 0 saturated heterocycles. The summed E-state index contributed by atoms with van der Waals surface area (Å²) in [6.07, 6.45) is 2.95. The highest BCUT2D eigenvalue weighted by Crippen LogP contribution is 2.46. The molecule has 0 heterocycles. The van der Waals surface area contributed by atoms with Gasteiger partial charge < -0.3 is 0 Å². The minimum Gasteiger partial charge on any atom is -0.300 e. The Labute approximate surface area is 103 Å². The molecule has 0 aromatic carbocycles. The molecule has 0 bridgehead atoms. The summed E-state index contributed by atoms with van der Waals surface area (Å²) >= 11 is 0. The van der Waals surface area contributed by atoms with E-state index in [4.69, 9.17) is 9.05 Å². The fourth-order valence-electron chi connectivity index (χ4n) is 1.81. The largest absolute Gasteiger partial charge is 0.405 e.